The quantitative estimate of drug-likeness (QED) is 0.150. The van der Waals surface area contributed by atoms with E-state index in [1.54, 1.807) is 0 Å². The first kappa shape index (κ1) is 56.8. The van der Waals surface area contributed by atoms with Crippen molar-refractivity contribution in [2.24, 2.45) is 0 Å². The lowest BCUT2D eigenvalue weighted by molar-refractivity contribution is 0.436. The lowest BCUT2D eigenvalue weighted by atomic mass is 9.65. The van der Waals surface area contributed by atoms with Crippen LogP contribution in [-0.4, -0.2) is 20.2 Å². The molecule has 4 heterocycles. The van der Waals surface area contributed by atoms with Crippen LogP contribution in [0.15, 0.2) is 344 Å². The minimum absolute atomic E-state index is 0.450. The predicted molar refractivity (Wildman–Crippen MR) is 403 cm³/mol. The largest absolute Gasteiger partial charge is 0.457 e. The molecule has 2 spiro atoms. The number of ether oxygens (including phenoxy) is 2. The predicted octanol–water partition coefficient (Wildman–Crippen LogP) is 23.4. The molecule has 0 N–H and O–H groups in total. The molecule has 2 aliphatic heterocycles. The zero-order valence-corrected chi connectivity index (χ0v) is 54.3. The van der Waals surface area contributed by atoms with Crippen molar-refractivity contribution in [2.45, 2.75) is 10.8 Å². The first-order chi connectivity index (χ1) is 50.0. The van der Waals surface area contributed by atoms with Crippen LogP contribution in [0, 0.1) is 0 Å². The Hall–Kier alpha value is -13.4. The highest BCUT2D eigenvalue weighted by Gasteiger charge is 2.53. The summed E-state index contributed by atoms with van der Waals surface area (Å²) in [5.74, 6) is 4.90. The molecule has 0 unspecified atom stereocenters. The van der Waals surface area contributed by atoms with Crippen molar-refractivity contribution in [3.63, 3.8) is 0 Å². The van der Waals surface area contributed by atoms with Gasteiger partial charge >= 0.3 is 0 Å². The topological polar surface area (TPSA) is 83.2 Å². The van der Waals surface area contributed by atoms with Crippen molar-refractivity contribution >= 4 is 21.7 Å². The van der Waals surface area contributed by atoms with Gasteiger partial charge in [0.05, 0.1) is 27.6 Å². The van der Waals surface area contributed by atoms with Gasteiger partial charge in [-0.05, 0) is 154 Å². The van der Waals surface area contributed by atoms with E-state index in [-0.39, 0.29) is 0 Å². The minimum Gasteiger partial charge on any atom is -0.457 e. The fourth-order valence-electron chi connectivity index (χ4n) is 17.0. The van der Waals surface area contributed by atoms with Gasteiger partial charge < -0.3 is 13.9 Å². The molecule has 2 aliphatic carbocycles. The van der Waals surface area contributed by atoms with Gasteiger partial charge in [0.1, 0.15) is 23.0 Å². The van der Waals surface area contributed by atoms with Crippen LogP contribution < -0.4 is 9.47 Å². The molecule has 2 aromatic heterocycles. The number of fused-ring (bicyclic) bond motifs is 20. The third-order valence-corrected chi connectivity index (χ3v) is 21.5. The minimum atomic E-state index is -0.730. The summed E-state index contributed by atoms with van der Waals surface area (Å²) in [4.78, 5) is 10.8. The molecular weight excluding hydrogens is 1230 g/mol. The lowest BCUT2D eigenvalue weighted by Crippen LogP contribution is -2.32. The second-order valence-electron chi connectivity index (χ2n) is 26.7. The molecule has 0 atom stereocenters. The van der Waals surface area contributed by atoms with Gasteiger partial charge in [0.25, 0.3) is 0 Å². The first-order valence-corrected chi connectivity index (χ1v) is 34.3. The number of hydrogen-bond acceptors (Lipinski definition) is 7. The second-order valence-corrected chi connectivity index (χ2v) is 26.7. The molecule has 0 amide bonds. The van der Waals surface area contributed by atoms with Gasteiger partial charge in [0.15, 0.2) is 5.82 Å². The van der Waals surface area contributed by atoms with Gasteiger partial charge in [-0.15, -0.1) is 10.2 Å². The highest BCUT2D eigenvalue weighted by atomic mass is 16.5. The van der Waals surface area contributed by atoms with Crippen molar-refractivity contribution in [3.8, 4) is 135 Å². The summed E-state index contributed by atoms with van der Waals surface area (Å²) in [6, 6.07) is 121. The van der Waals surface area contributed by atoms with Crippen LogP contribution in [0.3, 0.4) is 0 Å². The normalized spacial score (nSPS) is 13.5. The van der Waals surface area contributed by atoms with Crippen LogP contribution in [0.2, 0.25) is 0 Å². The van der Waals surface area contributed by atoms with Crippen molar-refractivity contribution in [1.29, 1.82) is 0 Å². The van der Waals surface area contributed by atoms with Crippen molar-refractivity contribution in [2.75, 3.05) is 0 Å². The molecule has 7 nitrogen and oxygen atoms in total. The number of aromatic nitrogens is 4. The molecule has 7 heteroatoms. The number of hydrogen-bond donors (Lipinski definition) is 0. The summed E-state index contributed by atoms with van der Waals surface area (Å²) in [5.41, 5.74) is 27.0. The van der Waals surface area contributed by atoms with E-state index >= 15 is 0 Å². The zero-order chi connectivity index (χ0) is 66.3. The van der Waals surface area contributed by atoms with Crippen LogP contribution in [-0.2, 0) is 10.8 Å². The Balaban J connectivity index is 0.621. The molecular formula is C94H56N4O3. The number of nitrogens with zero attached hydrogens (tertiary/aromatic N) is 4. The molecule has 17 aromatic rings. The van der Waals surface area contributed by atoms with E-state index in [0.717, 1.165) is 134 Å². The van der Waals surface area contributed by atoms with Crippen LogP contribution in [0.25, 0.3) is 134 Å². The number of benzene rings is 15. The molecule has 21 rings (SSSR count). The fourth-order valence-corrected chi connectivity index (χ4v) is 17.0. The van der Waals surface area contributed by atoms with E-state index in [0.29, 0.717) is 17.6 Å². The standard InChI is InChI=1S/C94H56N4O3/c1-3-20-61(21-4-1)89-74-53-64(46-51-83(74)95-90(96-89)62-41-39-58(40-42-62)57-35-37-59(38-36-57)66-44-49-80-86(55-66)99-84-34-18-17-33-79(84)93(80)75-29-13-9-25-70(75)71-26-10-14-30-76(71)93)65-47-52-85-82(54-65)94(77-31-15-11-27-72(77)73-28-12-16-32-78(73)94)81-50-45-67(56-87(81)100-85)69-48-43-60-19-7-8-24-68(60)88(69)92-98-97-91(101-92)63-22-5-2-6-23-63/h1-56H. The molecule has 0 saturated carbocycles. The fraction of sp³-hybridized carbons (Fsp3) is 0.0213. The summed E-state index contributed by atoms with van der Waals surface area (Å²) < 4.78 is 20.7. The average molecular weight is 1290 g/mol. The highest BCUT2D eigenvalue weighted by molar-refractivity contribution is 6.03. The van der Waals surface area contributed by atoms with Crippen molar-refractivity contribution < 1.29 is 13.9 Å². The third-order valence-electron chi connectivity index (χ3n) is 21.5. The first-order valence-electron chi connectivity index (χ1n) is 34.3. The molecule has 470 valence electrons. The molecule has 4 aliphatic rings. The zero-order valence-electron chi connectivity index (χ0n) is 54.3. The smallest absolute Gasteiger partial charge is 0.249 e. The monoisotopic (exact) mass is 1290 g/mol. The Bertz CT molecular complexity index is 6190. The molecule has 0 radical (unpaired) electrons. The van der Waals surface area contributed by atoms with E-state index in [1.807, 2.05) is 30.3 Å². The molecule has 101 heavy (non-hydrogen) atoms. The maximum atomic E-state index is 7.28. The van der Waals surface area contributed by atoms with E-state index in [1.165, 1.54) is 50.1 Å². The summed E-state index contributed by atoms with van der Waals surface area (Å²) >= 11 is 0. The molecule has 15 aromatic carbocycles. The van der Waals surface area contributed by atoms with Gasteiger partial charge in [0, 0.05) is 44.3 Å². The van der Waals surface area contributed by atoms with Crippen LogP contribution in [0.1, 0.15) is 44.5 Å². The third kappa shape index (κ3) is 8.47. The number of para-hydroxylation sites is 1. The van der Waals surface area contributed by atoms with E-state index in [9.17, 15) is 0 Å². The van der Waals surface area contributed by atoms with Crippen LogP contribution in [0.5, 0.6) is 23.0 Å². The van der Waals surface area contributed by atoms with Crippen LogP contribution >= 0.6 is 0 Å². The second kappa shape index (κ2) is 22.1. The number of rotatable bonds is 8. The van der Waals surface area contributed by atoms with Gasteiger partial charge in [-0.2, -0.15) is 0 Å². The lowest BCUT2D eigenvalue weighted by Gasteiger charge is -2.40. The highest BCUT2D eigenvalue weighted by Crippen LogP contribution is 2.65. The summed E-state index contributed by atoms with van der Waals surface area (Å²) in [6.07, 6.45) is 0. The Morgan fingerprint density at radius 3 is 1.33 bits per heavy atom. The summed E-state index contributed by atoms with van der Waals surface area (Å²) in [6.45, 7) is 0. The molecule has 0 fully saturated rings. The summed E-state index contributed by atoms with van der Waals surface area (Å²) in [5, 5.41) is 12.3. The van der Waals surface area contributed by atoms with Crippen molar-refractivity contribution in [1.82, 2.24) is 20.2 Å². The average Bonchev–Trinajstić information content (AvgIpc) is 1.57. The van der Waals surface area contributed by atoms with Gasteiger partial charge in [0.2, 0.25) is 11.8 Å². The molecule has 0 bridgehead atoms. The SMILES string of the molecule is c1ccc(-c2nnc(-c3c(-c4ccc5c(c4)Oc4ccc(-c6ccc7nc(-c8ccc(-c9ccc(-c%10ccc%11c(c%10)Oc%10ccccc%10C%11%10c%11ccccc%11-c%11ccccc%11%10)cc9)cc8)nc(-c8ccccc8)c7c6)cc4C54c5ccccc5-c5ccccc54)ccc4ccccc34)o2)cc1. The van der Waals surface area contributed by atoms with Gasteiger partial charge in [-0.1, -0.05) is 285 Å². The Morgan fingerprint density at radius 2 is 0.683 bits per heavy atom. The van der Waals surface area contributed by atoms with Crippen molar-refractivity contribution in [3.05, 3.63) is 384 Å². The van der Waals surface area contributed by atoms with Crippen LogP contribution in [0.4, 0.5) is 0 Å². The Kier molecular flexibility index (Phi) is 12.4. The van der Waals surface area contributed by atoms with E-state index < -0.39 is 10.8 Å². The Morgan fingerprint density at radius 1 is 0.238 bits per heavy atom. The van der Waals surface area contributed by atoms with E-state index in [4.69, 9.17) is 29.0 Å². The maximum absolute atomic E-state index is 7.28. The van der Waals surface area contributed by atoms with E-state index in [2.05, 4.69) is 314 Å². The summed E-state index contributed by atoms with van der Waals surface area (Å²) in [7, 11) is 0. The van der Waals surface area contributed by atoms with Gasteiger partial charge in [-0.25, -0.2) is 9.97 Å². The van der Waals surface area contributed by atoms with Gasteiger partial charge in [-0.3, -0.25) is 0 Å². The Labute approximate surface area is 582 Å². The maximum Gasteiger partial charge on any atom is 0.249 e. The molecule has 0 saturated heterocycles.